The largest absolute Gasteiger partial charge is 0.497 e. The van der Waals surface area contributed by atoms with Crippen LogP contribution in [0.3, 0.4) is 0 Å². The Labute approximate surface area is 183 Å². The highest BCUT2D eigenvalue weighted by Crippen LogP contribution is 2.29. The smallest absolute Gasteiger partial charge is 0.238 e. The Hall–Kier alpha value is -3.06. The molecule has 2 aromatic rings. The number of hydrogen-bond donors (Lipinski definition) is 2. The second kappa shape index (κ2) is 10.3. The van der Waals surface area contributed by atoms with Gasteiger partial charge in [-0.1, -0.05) is 12.1 Å². The number of amides is 2. The first-order valence-corrected chi connectivity index (χ1v) is 10.5. The Balaban J connectivity index is 1.49. The van der Waals surface area contributed by atoms with Gasteiger partial charge in [-0.3, -0.25) is 14.5 Å². The molecule has 2 aromatic carbocycles. The summed E-state index contributed by atoms with van der Waals surface area (Å²) in [5.41, 5.74) is 3.66. The van der Waals surface area contributed by atoms with Crippen molar-refractivity contribution in [2.45, 2.75) is 26.7 Å². The summed E-state index contributed by atoms with van der Waals surface area (Å²) in [6.45, 7) is 5.70. The highest BCUT2D eigenvalue weighted by Gasteiger charge is 2.26. The lowest BCUT2D eigenvalue weighted by molar-refractivity contribution is -0.121. The third-order valence-electron chi connectivity index (χ3n) is 5.66. The molecule has 0 spiro atoms. The van der Waals surface area contributed by atoms with Crippen LogP contribution in [0.25, 0.3) is 0 Å². The first-order valence-electron chi connectivity index (χ1n) is 10.5. The van der Waals surface area contributed by atoms with Crippen molar-refractivity contribution < 1.29 is 19.1 Å². The van der Waals surface area contributed by atoms with Crippen molar-refractivity contribution in [1.82, 2.24) is 4.90 Å². The van der Waals surface area contributed by atoms with Crippen LogP contribution < -0.4 is 20.1 Å². The SMILES string of the molecule is COc1ccc(NC(=O)CN2CCC(C(=O)Nc3cc(C)ccc3C)CC2)c(OC)c1. The van der Waals surface area contributed by atoms with E-state index in [9.17, 15) is 9.59 Å². The Morgan fingerprint density at radius 2 is 1.71 bits per heavy atom. The lowest BCUT2D eigenvalue weighted by Crippen LogP contribution is -2.41. The summed E-state index contributed by atoms with van der Waals surface area (Å²) in [6, 6.07) is 11.3. The molecule has 7 heteroatoms. The summed E-state index contributed by atoms with van der Waals surface area (Å²) in [5, 5.41) is 5.97. The molecule has 3 rings (SSSR count). The summed E-state index contributed by atoms with van der Waals surface area (Å²) >= 11 is 0. The fourth-order valence-corrected chi connectivity index (χ4v) is 3.75. The van der Waals surface area contributed by atoms with Crippen LogP contribution >= 0.6 is 0 Å². The zero-order valence-electron chi connectivity index (χ0n) is 18.7. The molecule has 0 unspecified atom stereocenters. The van der Waals surface area contributed by atoms with Crippen molar-refractivity contribution in [2.24, 2.45) is 5.92 Å². The number of rotatable bonds is 7. The van der Waals surface area contributed by atoms with E-state index >= 15 is 0 Å². The van der Waals surface area contributed by atoms with E-state index in [-0.39, 0.29) is 24.3 Å². The van der Waals surface area contributed by atoms with Gasteiger partial charge in [0.1, 0.15) is 11.5 Å². The molecule has 7 nitrogen and oxygen atoms in total. The fraction of sp³-hybridized carbons (Fsp3) is 0.417. The Morgan fingerprint density at radius 3 is 2.39 bits per heavy atom. The van der Waals surface area contributed by atoms with E-state index in [1.165, 1.54) is 0 Å². The molecule has 166 valence electrons. The van der Waals surface area contributed by atoms with E-state index in [1.807, 2.05) is 32.0 Å². The molecule has 0 bridgehead atoms. The number of nitrogens with one attached hydrogen (secondary N) is 2. The Bertz CT molecular complexity index is 936. The van der Waals surface area contributed by atoms with Gasteiger partial charge in [-0.25, -0.2) is 0 Å². The zero-order valence-corrected chi connectivity index (χ0v) is 18.7. The van der Waals surface area contributed by atoms with Gasteiger partial charge in [0.15, 0.2) is 0 Å². The number of benzene rings is 2. The second-order valence-electron chi connectivity index (χ2n) is 7.97. The van der Waals surface area contributed by atoms with Gasteiger partial charge in [-0.2, -0.15) is 0 Å². The summed E-state index contributed by atoms with van der Waals surface area (Å²) in [5.74, 6) is 1.12. The Morgan fingerprint density at radius 1 is 0.968 bits per heavy atom. The molecule has 1 saturated heterocycles. The molecule has 0 aliphatic carbocycles. The lowest BCUT2D eigenvalue weighted by Gasteiger charge is -2.30. The number of methoxy groups -OCH3 is 2. The number of nitrogens with zero attached hydrogens (tertiary/aromatic N) is 1. The number of anilines is 2. The van der Waals surface area contributed by atoms with Gasteiger partial charge in [-0.15, -0.1) is 0 Å². The van der Waals surface area contributed by atoms with Gasteiger partial charge in [0.05, 0.1) is 26.5 Å². The fourth-order valence-electron chi connectivity index (χ4n) is 3.75. The maximum absolute atomic E-state index is 12.7. The van der Waals surface area contributed by atoms with E-state index in [0.717, 1.165) is 29.7 Å². The minimum atomic E-state index is -0.109. The zero-order chi connectivity index (χ0) is 22.4. The molecule has 2 amide bonds. The predicted octanol–water partition coefficient (Wildman–Crippen LogP) is 3.61. The first-order chi connectivity index (χ1) is 14.9. The monoisotopic (exact) mass is 425 g/mol. The third kappa shape index (κ3) is 5.98. The number of piperidine rings is 1. The lowest BCUT2D eigenvalue weighted by atomic mass is 9.95. The predicted molar refractivity (Wildman–Crippen MR) is 122 cm³/mol. The van der Waals surface area contributed by atoms with E-state index in [2.05, 4.69) is 15.5 Å². The molecular formula is C24H31N3O4. The van der Waals surface area contributed by atoms with Gasteiger partial charge in [-0.05, 0) is 69.1 Å². The summed E-state index contributed by atoms with van der Waals surface area (Å²) in [6.07, 6.45) is 1.46. The molecule has 31 heavy (non-hydrogen) atoms. The normalized spacial score (nSPS) is 14.7. The maximum Gasteiger partial charge on any atom is 0.238 e. The van der Waals surface area contributed by atoms with E-state index < -0.39 is 0 Å². The molecule has 0 aromatic heterocycles. The molecule has 0 atom stereocenters. The topological polar surface area (TPSA) is 79.9 Å². The van der Waals surface area contributed by atoms with Crippen LogP contribution in [0.2, 0.25) is 0 Å². The third-order valence-corrected chi connectivity index (χ3v) is 5.66. The van der Waals surface area contributed by atoms with Crippen molar-refractivity contribution >= 4 is 23.2 Å². The summed E-state index contributed by atoms with van der Waals surface area (Å²) < 4.78 is 10.5. The van der Waals surface area contributed by atoms with E-state index in [0.29, 0.717) is 30.3 Å². The molecular weight excluding hydrogens is 394 g/mol. The summed E-state index contributed by atoms with van der Waals surface area (Å²) in [7, 11) is 3.14. The Kier molecular flexibility index (Phi) is 7.52. The summed E-state index contributed by atoms with van der Waals surface area (Å²) in [4.78, 5) is 27.3. The molecule has 1 heterocycles. The van der Waals surface area contributed by atoms with E-state index in [1.54, 1.807) is 32.4 Å². The number of ether oxygens (including phenoxy) is 2. The van der Waals surface area contributed by atoms with Gasteiger partial charge in [0, 0.05) is 17.7 Å². The van der Waals surface area contributed by atoms with Crippen LogP contribution in [-0.4, -0.2) is 50.6 Å². The quantitative estimate of drug-likeness (QED) is 0.708. The van der Waals surface area contributed by atoms with Crippen LogP contribution in [0.15, 0.2) is 36.4 Å². The molecule has 1 aliphatic rings. The first kappa shape index (κ1) is 22.6. The standard InChI is InChI=1S/C24H31N3O4/c1-16-5-6-17(2)21(13-16)26-24(29)18-9-11-27(12-10-18)15-23(28)25-20-8-7-19(30-3)14-22(20)31-4/h5-8,13-14,18H,9-12,15H2,1-4H3,(H,25,28)(H,26,29). The molecule has 1 fully saturated rings. The average Bonchev–Trinajstić information content (AvgIpc) is 2.77. The molecule has 0 radical (unpaired) electrons. The van der Waals surface area contributed by atoms with E-state index in [4.69, 9.17) is 9.47 Å². The molecule has 1 aliphatic heterocycles. The number of carbonyl (C=O) groups excluding carboxylic acids is 2. The number of hydrogen-bond acceptors (Lipinski definition) is 5. The average molecular weight is 426 g/mol. The van der Waals surface area contributed by atoms with Crippen LogP contribution in [0.1, 0.15) is 24.0 Å². The second-order valence-corrected chi connectivity index (χ2v) is 7.97. The molecule has 2 N–H and O–H groups in total. The van der Waals surface area contributed by atoms with Crippen molar-refractivity contribution in [2.75, 3.05) is 44.5 Å². The van der Waals surface area contributed by atoms with Crippen molar-refractivity contribution in [3.8, 4) is 11.5 Å². The highest BCUT2D eigenvalue weighted by atomic mass is 16.5. The minimum Gasteiger partial charge on any atom is -0.497 e. The molecule has 0 saturated carbocycles. The van der Waals surface area contributed by atoms with Crippen LogP contribution in [0.4, 0.5) is 11.4 Å². The van der Waals surface area contributed by atoms with Crippen molar-refractivity contribution in [1.29, 1.82) is 0 Å². The van der Waals surface area contributed by atoms with Crippen LogP contribution in [0, 0.1) is 19.8 Å². The number of aryl methyl sites for hydroxylation is 2. The highest BCUT2D eigenvalue weighted by molar-refractivity contribution is 5.94. The number of likely N-dealkylation sites (tertiary alicyclic amines) is 1. The van der Waals surface area contributed by atoms with Crippen LogP contribution in [0.5, 0.6) is 11.5 Å². The van der Waals surface area contributed by atoms with Gasteiger partial charge >= 0.3 is 0 Å². The van der Waals surface area contributed by atoms with Gasteiger partial charge < -0.3 is 20.1 Å². The van der Waals surface area contributed by atoms with Crippen molar-refractivity contribution in [3.05, 3.63) is 47.5 Å². The van der Waals surface area contributed by atoms with Gasteiger partial charge in [0.2, 0.25) is 11.8 Å². The van der Waals surface area contributed by atoms with Gasteiger partial charge in [0.25, 0.3) is 0 Å². The van der Waals surface area contributed by atoms with Crippen LogP contribution in [-0.2, 0) is 9.59 Å². The maximum atomic E-state index is 12.7. The number of carbonyl (C=O) groups is 2. The minimum absolute atomic E-state index is 0.0408. The van der Waals surface area contributed by atoms with Crippen molar-refractivity contribution in [3.63, 3.8) is 0 Å².